The van der Waals surface area contributed by atoms with E-state index in [2.05, 4.69) is 5.32 Å². The Morgan fingerprint density at radius 2 is 2.14 bits per heavy atom. The highest BCUT2D eigenvalue weighted by Crippen LogP contribution is 2.27. The number of hydrogen-bond donors (Lipinski definition) is 2. The summed E-state index contributed by atoms with van der Waals surface area (Å²) in [5, 5.41) is 13.3. The van der Waals surface area contributed by atoms with Crippen molar-refractivity contribution >= 4 is 22.9 Å². The third-order valence-corrected chi connectivity index (χ3v) is 4.55. The molecule has 0 fully saturated rings. The number of hydrogen-bond acceptors (Lipinski definition) is 4. The Bertz CT molecular complexity index is 605. The number of halogens is 2. The largest absolute Gasteiger partial charge is 0.494 e. The maximum absolute atomic E-state index is 13.4. The predicted octanol–water partition coefficient (Wildman–Crippen LogP) is 3.93. The van der Waals surface area contributed by atoms with Gasteiger partial charge in [0.15, 0.2) is 11.6 Å². The van der Waals surface area contributed by atoms with E-state index >= 15 is 0 Å². The summed E-state index contributed by atoms with van der Waals surface area (Å²) in [7, 11) is 1.44. The molecular formula is C15H17ClFNO2S. The number of methoxy groups -OCH3 is 1. The van der Waals surface area contributed by atoms with E-state index in [1.54, 1.807) is 18.2 Å². The molecule has 2 rings (SSSR count). The lowest BCUT2D eigenvalue weighted by Gasteiger charge is -2.17. The molecule has 2 atom stereocenters. The van der Waals surface area contributed by atoms with Crippen LogP contribution in [-0.4, -0.2) is 18.8 Å². The van der Waals surface area contributed by atoms with E-state index in [4.69, 9.17) is 16.3 Å². The number of thiophene rings is 1. The minimum absolute atomic E-state index is 0.0374. The Balaban J connectivity index is 1.96. The van der Waals surface area contributed by atoms with Crippen LogP contribution in [0.2, 0.25) is 4.34 Å². The normalized spacial score (nSPS) is 14.0. The molecule has 0 bridgehead atoms. The van der Waals surface area contributed by atoms with Gasteiger partial charge in [-0.2, -0.15) is 0 Å². The first-order chi connectivity index (χ1) is 10.0. The molecule has 2 unspecified atom stereocenters. The van der Waals surface area contributed by atoms with Crippen LogP contribution >= 0.6 is 22.9 Å². The fraction of sp³-hybridized carbons (Fsp3) is 0.333. The number of benzene rings is 1. The Morgan fingerprint density at radius 3 is 2.76 bits per heavy atom. The lowest BCUT2D eigenvalue weighted by atomic mass is 10.1. The van der Waals surface area contributed by atoms with Gasteiger partial charge in [-0.05, 0) is 36.8 Å². The molecule has 0 amide bonds. The molecule has 6 heteroatoms. The van der Waals surface area contributed by atoms with Gasteiger partial charge in [-0.1, -0.05) is 17.7 Å². The van der Waals surface area contributed by atoms with Crippen molar-refractivity contribution in [3.05, 3.63) is 50.9 Å². The van der Waals surface area contributed by atoms with E-state index in [-0.39, 0.29) is 17.6 Å². The first kappa shape index (κ1) is 16.2. The zero-order chi connectivity index (χ0) is 15.4. The smallest absolute Gasteiger partial charge is 0.165 e. The molecular weight excluding hydrogens is 313 g/mol. The fourth-order valence-corrected chi connectivity index (χ4v) is 3.01. The van der Waals surface area contributed by atoms with Gasteiger partial charge in [-0.25, -0.2) is 4.39 Å². The molecule has 2 aromatic rings. The van der Waals surface area contributed by atoms with Crippen LogP contribution in [0.15, 0.2) is 30.3 Å². The molecule has 0 saturated carbocycles. The maximum Gasteiger partial charge on any atom is 0.165 e. The van der Waals surface area contributed by atoms with Crippen LogP contribution in [0.25, 0.3) is 0 Å². The monoisotopic (exact) mass is 329 g/mol. The first-order valence-electron chi connectivity index (χ1n) is 6.51. The van der Waals surface area contributed by atoms with Crippen LogP contribution in [0.1, 0.15) is 29.5 Å². The second-order valence-electron chi connectivity index (χ2n) is 4.68. The second-order valence-corrected chi connectivity index (χ2v) is 6.43. The molecule has 3 nitrogen and oxygen atoms in total. The van der Waals surface area contributed by atoms with E-state index < -0.39 is 6.10 Å². The number of aliphatic hydroxyl groups is 1. The lowest BCUT2D eigenvalue weighted by Crippen LogP contribution is -2.24. The molecule has 1 heterocycles. The molecule has 0 radical (unpaired) electrons. The van der Waals surface area contributed by atoms with Gasteiger partial charge in [0.2, 0.25) is 0 Å². The van der Waals surface area contributed by atoms with Crippen LogP contribution in [0.5, 0.6) is 5.75 Å². The molecule has 21 heavy (non-hydrogen) atoms. The summed E-state index contributed by atoms with van der Waals surface area (Å²) in [6.07, 6.45) is -0.618. The zero-order valence-corrected chi connectivity index (χ0v) is 13.3. The summed E-state index contributed by atoms with van der Waals surface area (Å²) in [6, 6.07) is 8.27. The van der Waals surface area contributed by atoms with Gasteiger partial charge in [-0.15, -0.1) is 11.3 Å². The van der Waals surface area contributed by atoms with E-state index in [1.165, 1.54) is 24.5 Å². The predicted molar refractivity (Wildman–Crippen MR) is 83.7 cm³/mol. The zero-order valence-electron chi connectivity index (χ0n) is 11.8. The van der Waals surface area contributed by atoms with Gasteiger partial charge < -0.3 is 15.2 Å². The van der Waals surface area contributed by atoms with Crippen LogP contribution < -0.4 is 10.1 Å². The topological polar surface area (TPSA) is 41.5 Å². The number of rotatable bonds is 6. The molecule has 0 aliphatic rings. The van der Waals surface area contributed by atoms with Gasteiger partial charge >= 0.3 is 0 Å². The second kappa shape index (κ2) is 7.22. The SMILES string of the molecule is COc1cc(C(C)NCC(O)c2ccc(Cl)s2)ccc1F. The summed E-state index contributed by atoms with van der Waals surface area (Å²) in [4.78, 5) is 0.816. The summed E-state index contributed by atoms with van der Waals surface area (Å²) < 4.78 is 19.0. The lowest BCUT2D eigenvalue weighted by molar-refractivity contribution is 0.174. The highest BCUT2D eigenvalue weighted by molar-refractivity contribution is 7.16. The Hall–Kier alpha value is -1.14. The van der Waals surface area contributed by atoms with Gasteiger partial charge in [0.1, 0.15) is 6.10 Å². The molecule has 0 saturated heterocycles. The van der Waals surface area contributed by atoms with Gasteiger partial charge in [0.05, 0.1) is 11.4 Å². The van der Waals surface area contributed by atoms with Crippen molar-refractivity contribution in [2.45, 2.75) is 19.1 Å². The molecule has 114 valence electrons. The van der Waals surface area contributed by atoms with Crippen molar-refractivity contribution in [3.63, 3.8) is 0 Å². The maximum atomic E-state index is 13.4. The Morgan fingerprint density at radius 1 is 1.38 bits per heavy atom. The summed E-state index contributed by atoms with van der Waals surface area (Å²) >= 11 is 7.21. The van der Waals surface area contributed by atoms with Crippen LogP contribution in [-0.2, 0) is 0 Å². The highest BCUT2D eigenvalue weighted by atomic mass is 35.5. The van der Waals surface area contributed by atoms with Crippen molar-refractivity contribution in [1.29, 1.82) is 0 Å². The van der Waals surface area contributed by atoms with Gasteiger partial charge in [0, 0.05) is 17.5 Å². The van der Waals surface area contributed by atoms with Crippen molar-refractivity contribution < 1.29 is 14.2 Å². The van der Waals surface area contributed by atoms with Crippen LogP contribution in [0, 0.1) is 5.82 Å². The van der Waals surface area contributed by atoms with Gasteiger partial charge in [-0.3, -0.25) is 0 Å². The molecule has 0 aliphatic carbocycles. The molecule has 0 spiro atoms. The van der Waals surface area contributed by atoms with E-state index in [0.29, 0.717) is 10.9 Å². The van der Waals surface area contributed by atoms with Crippen molar-refractivity contribution in [3.8, 4) is 5.75 Å². The number of aliphatic hydroxyl groups excluding tert-OH is 1. The summed E-state index contributed by atoms with van der Waals surface area (Å²) in [5.41, 5.74) is 0.893. The minimum Gasteiger partial charge on any atom is -0.494 e. The van der Waals surface area contributed by atoms with Crippen LogP contribution in [0.4, 0.5) is 4.39 Å². The first-order valence-corrected chi connectivity index (χ1v) is 7.71. The molecule has 2 N–H and O–H groups in total. The van der Waals surface area contributed by atoms with Crippen LogP contribution in [0.3, 0.4) is 0 Å². The quantitative estimate of drug-likeness (QED) is 0.843. The minimum atomic E-state index is -0.618. The van der Waals surface area contributed by atoms with Crippen molar-refractivity contribution in [2.24, 2.45) is 0 Å². The van der Waals surface area contributed by atoms with Crippen molar-refractivity contribution in [1.82, 2.24) is 5.32 Å². The van der Waals surface area contributed by atoms with Crippen molar-refractivity contribution in [2.75, 3.05) is 13.7 Å². The summed E-state index contributed by atoms with van der Waals surface area (Å²) in [5.74, 6) is -0.173. The third-order valence-electron chi connectivity index (χ3n) is 3.21. The average molecular weight is 330 g/mol. The van der Waals surface area contributed by atoms with E-state index in [9.17, 15) is 9.50 Å². The third kappa shape index (κ3) is 4.17. The standard InChI is InChI=1S/C15H17ClFNO2S/c1-9(10-3-4-11(17)13(7-10)20-2)18-8-12(19)14-5-6-15(16)21-14/h3-7,9,12,18-19H,8H2,1-2H3. The Kier molecular flexibility index (Phi) is 5.58. The van der Waals surface area contributed by atoms with E-state index in [0.717, 1.165) is 10.4 Å². The highest BCUT2D eigenvalue weighted by Gasteiger charge is 2.14. The Labute approximate surface area is 132 Å². The molecule has 1 aromatic heterocycles. The summed E-state index contributed by atoms with van der Waals surface area (Å²) in [6.45, 7) is 2.33. The molecule has 0 aliphatic heterocycles. The van der Waals surface area contributed by atoms with Gasteiger partial charge in [0.25, 0.3) is 0 Å². The fourth-order valence-electron chi connectivity index (χ4n) is 1.96. The molecule has 1 aromatic carbocycles. The average Bonchev–Trinajstić information content (AvgIpc) is 2.91. The number of nitrogens with one attached hydrogen (secondary N) is 1. The van der Waals surface area contributed by atoms with E-state index in [1.807, 2.05) is 13.0 Å². The number of ether oxygens (including phenoxy) is 1.